The van der Waals surface area contributed by atoms with Gasteiger partial charge in [-0.2, -0.15) is 0 Å². The molecule has 1 fully saturated rings. The van der Waals surface area contributed by atoms with Crippen LogP contribution in [0.25, 0.3) is 21.9 Å². The molecule has 5 rings (SSSR count). The molecule has 1 aliphatic carbocycles. The van der Waals surface area contributed by atoms with Crippen molar-refractivity contribution in [3.05, 3.63) is 104 Å². The molecule has 0 unspecified atom stereocenters. The van der Waals surface area contributed by atoms with Gasteiger partial charge in [0.25, 0.3) is 11.5 Å². The Morgan fingerprint density at radius 2 is 1.62 bits per heavy atom. The molecule has 7 heteroatoms. The highest BCUT2D eigenvalue weighted by Gasteiger charge is 2.23. The Morgan fingerprint density at radius 3 is 2.30 bits per heavy atom. The second-order valence-electron chi connectivity index (χ2n) is 9.48. The maximum atomic E-state index is 13.6. The van der Waals surface area contributed by atoms with Crippen molar-refractivity contribution in [2.24, 2.45) is 0 Å². The largest absolute Gasteiger partial charge is 0.477 e. The molecule has 0 atom stereocenters. The average molecular weight is 559 g/mol. The summed E-state index contributed by atoms with van der Waals surface area (Å²) in [6.07, 6.45) is 5.51. The first-order chi connectivity index (χ1) is 17.9. The topological polar surface area (TPSA) is 88.4 Å². The van der Waals surface area contributed by atoms with E-state index in [-0.39, 0.29) is 29.7 Å². The molecule has 0 radical (unpaired) electrons. The van der Waals surface area contributed by atoms with Crippen LogP contribution in [0.4, 0.5) is 0 Å². The van der Waals surface area contributed by atoms with Gasteiger partial charge in [-0.15, -0.1) is 0 Å². The van der Waals surface area contributed by atoms with Crippen molar-refractivity contribution >= 4 is 38.6 Å². The van der Waals surface area contributed by atoms with Crippen molar-refractivity contribution in [3.63, 3.8) is 0 Å². The Hall–Kier alpha value is -3.71. The molecule has 2 N–H and O–H groups in total. The van der Waals surface area contributed by atoms with Crippen LogP contribution in [0, 0.1) is 0 Å². The number of carbonyl (C=O) groups is 2. The van der Waals surface area contributed by atoms with Crippen molar-refractivity contribution < 1.29 is 14.7 Å². The smallest absolute Gasteiger partial charge is 0.353 e. The van der Waals surface area contributed by atoms with E-state index in [4.69, 9.17) is 0 Å². The molecule has 0 bridgehead atoms. The van der Waals surface area contributed by atoms with Crippen molar-refractivity contribution in [2.45, 2.75) is 44.7 Å². The lowest BCUT2D eigenvalue weighted by Gasteiger charge is -2.22. The molecule has 1 heterocycles. The second kappa shape index (κ2) is 10.7. The number of rotatable bonds is 6. The van der Waals surface area contributed by atoms with Gasteiger partial charge in [0.15, 0.2) is 0 Å². The van der Waals surface area contributed by atoms with Gasteiger partial charge >= 0.3 is 5.97 Å². The highest BCUT2D eigenvalue weighted by Crippen LogP contribution is 2.33. The second-order valence-corrected chi connectivity index (χ2v) is 10.4. The number of nitrogens with one attached hydrogen (secondary N) is 1. The number of hydrogen-bond acceptors (Lipinski definition) is 3. The fraction of sp³-hybridized carbons (Fsp3) is 0.233. The van der Waals surface area contributed by atoms with Crippen molar-refractivity contribution in [1.29, 1.82) is 0 Å². The van der Waals surface area contributed by atoms with Crippen LogP contribution in [0.15, 0.2) is 82.1 Å². The number of carboxylic acids is 1. The molecule has 37 heavy (non-hydrogen) atoms. The SMILES string of the molecule is O=C(NC1CCCCC1)c1ccc(Cn2c(C(=O)O)c(-c3ccccc3)c3cc(Br)ccc3c2=O)cc1. The van der Waals surface area contributed by atoms with Crippen LogP contribution in [-0.2, 0) is 6.54 Å². The summed E-state index contributed by atoms with van der Waals surface area (Å²) in [7, 11) is 0. The highest BCUT2D eigenvalue weighted by atomic mass is 79.9. The van der Waals surface area contributed by atoms with Gasteiger partial charge in [-0.25, -0.2) is 4.79 Å². The van der Waals surface area contributed by atoms with Crippen LogP contribution in [0.5, 0.6) is 0 Å². The fourth-order valence-electron chi connectivity index (χ4n) is 5.15. The number of carboxylic acid groups (broad SMARTS) is 1. The van der Waals surface area contributed by atoms with Gasteiger partial charge < -0.3 is 10.4 Å². The number of pyridine rings is 1. The lowest BCUT2D eigenvalue weighted by atomic mass is 9.95. The number of halogens is 1. The Kier molecular flexibility index (Phi) is 7.24. The van der Waals surface area contributed by atoms with E-state index in [0.29, 0.717) is 27.5 Å². The Balaban J connectivity index is 1.55. The van der Waals surface area contributed by atoms with Crippen LogP contribution in [0.2, 0.25) is 0 Å². The minimum atomic E-state index is -1.18. The standard InChI is InChI=1S/C30H27BrN2O4/c31-22-15-16-24-25(17-22)26(20-7-3-1-4-8-20)27(30(36)37)33(29(24)35)18-19-11-13-21(14-12-19)28(34)32-23-9-5-2-6-10-23/h1,3-4,7-8,11-17,23H,2,5-6,9-10,18H2,(H,32,34)(H,36,37). The fourth-order valence-corrected chi connectivity index (χ4v) is 5.51. The zero-order valence-corrected chi connectivity index (χ0v) is 21.8. The number of carbonyl (C=O) groups excluding carboxylic acids is 1. The number of benzene rings is 3. The number of fused-ring (bicyclic) bond motifs is 1. The molecule has 3 aromatic carbocycles. The first-order valence-electron chi connectivity index (χ1n) is 12.5. The Bertz CT molecular complexity index is 1520. The molecule has 4 aromatic rings. The van der Waals surface area contributed by atoms with E-state index in [2.05, 4.69) is 21.2 Å². The van der Waals surface area contributed by atoms with E-state index in [9.17, 15) is 19.5 Å². The Labute approximate surface area is 223 Å². The molecular formula is C30H27BrN2O4. The maximum absolute atomic E-state index is 13.6. The summed E-state index contributed by atoms with van der Waals surface area (Å²) in [6.45, 7) is 0.0663. The number of hydrogen-bond donors (Lipinski definition) is 2. The molecular weight excluding hydrogens is 532 g/mol. The van der Waals surface area contributed by atoms with Gasteiger partial charge in [0.2, 0.25) is 0 Å². The highest BCUT2D eigenvalue weighted by molar-refractivity contribution is 9.10. The lowest BCUT2D eigenvalue weighted by Crippen LogP contribution is -2.36. The number of nitrogens with zero attached hydrogens (tertiary/aromatic N) is 1. The third-order valence-corrected chi connectivity index (χ3v) is 7.49. The van der Waals surface area contributed by atoms with E-state index >= 15 is 0 Å². The van der Waals surface area contributed by atoms with Crippen molar-refractivity contribution in [2.75, 3.05) is 0 Å². The Morgan fingerprint density at radius 1 is 0.919 bits per heavy atom. The van der Waals surface area contributed by atoms with Crippen LogP contribution < -0.4 is 10.9 Å². The maximum Gasteiger partial charge on any atom is 0.353 e. The monoisotopic (exact) mass is 558 g/mol. The summed E-state index contributed by atoms with van der Waals surface area (Å²) in [6, 6.07) is 21.8. The predicted octanol–water partition coefficient (Wildman–Crippen LogP) is 6.24. The first kappa shape index (κ1) is 25.0. The molecule has 6 nitrogen and oxygen atoms in total. The zero-order chi connectivity index (χ0) is 25.9. The van der Waals surface area contributed by atoms with E-state index in [1.807, 2.05) is 30.3 Å². The van der Waals surface area contributed by atoms with Gasteiger partial charge in [-0.1, -0.05) is 77.7 Å². The van der Waals surface area contributed by atoms with E-state index in [1.54, 1.807) is 42.5 Å². The molecule has 188 valence electrons. The normalized spacial score (nSPS) is 14.0. The van der Waals surface area contributed by atoms with Crippen LogP contribution in [0.1, 0.15) is 58.5 Å². The third kappa shape index (κ3) is 5.23. The zero-order valence-electron chi connectivity index (χ0n) is 20.2. The molecule has 0 aliphatic heterocycles. The molecule has 1 aromatic heterocycles. The van der Waals surface area contributed by atoms with Gasteiger partial charge in [0, 0.05) is 27.0 Å². The summed E-state index contributed by atoms with van der Waals surface area (Å²) in [5.74, 6) is -1.29. The number of amides is 1. The summed E-state index contributed by atoms with van der Waals surface area (Å²) >= 11 is 3.46. The summed E-state index contributed by atoms with van der Waals surface area (Å²) in [4.78, 5) is 38.9. The molecule has 0 saturated heterocycles. The minimum Gasteiger partial charge on any atom is -0.477 e. The third-order valence-electron chi connectivity index (χ3n) is 7.00. The summed E-state index contributed by atoms with van der Waals surface area (Å²) in [5.41, 5.74) is 2.04. The first-order valence-corrected chi connectivity index (χ1v) is 13.3. The predicted molar refractivity (Wildman–Crippen MR) is 148 cm³/mol. The van der Waals surface area contributed by atoms with E-state index in [0.717, 1.165) is 35.7 Å². The van der Waals surface area contributed by atoms with E-state index in [1.165, 1.54) is 11.0 Å². The van der Waals surface area contributed by atoms with Gasteiger partial charge in [-0.3, -0.25) is 14.2 Å². The van der Waals surface area contributed by atoms with Gasteiger partial charge in [-0.05, 0) is 59.7 Å². The summed E-state index contributed by atoms with van der Waals surface area (Å²) in [5, 5.41) is 14.4. The molecule has 1 saturated carbocycles. The van der Waals surface area contributed by atoms with Crippen molar-refractivity contribution in [1.82, 2.24) is 9.88 Å². The number of aromatic nitrogens is 1. The molecule has 1 amide bonds. The van der Waals surface area contributed by atoms with Crippen molar-refractivity contribution in [3.8, 4) is 11.1 Å². The molecule has 1 aliphatic rings. The lowest BCUT2D eigenvalue weighted by molar-refractivity contribution is 0.0685. The van der Waals surface area contributed by atoms with Gasteiger partial charge in [0.1, 0.15) is 5.69 Å². The van der Waals surface area contributed by atoms with E-state index < -0.39 is 5.97 Å². The summed E-state index contributed by atoms with van der Waals surface area (Å²) < 4.78 is 2.07. The average Bonchev–Trinajstić information content (AvgIpc) is 2.91. The molecule has 0 spiro atoms. The van der Waals surface area contributed by atoms with Crippen LogP contribution in [-0.4, -0.2) is 27.6 Å². The number of aromatic carboxylic acids is 1. The van der Waals surface area contributed by atoms with Gasteiger partial charge in [0.05, 0.1) is 6.54 Å². The van der Waals surface area contributed by atoms with Crippen LogP contribution >= 0.6 is 15.9 Å². The minimum absolute atomic E-state index is 0.0663. The van der Waals surface area contributed by atoms with Crippen LogP contribution in [0.3, 0.4) is 0 Å². The quantitative estimate of drug-likeness (QED) is 0.293.